The second kappa shape index (κ2) is 15.4. The molecular weight excluding hydrogens is 428 g/mol. The van der Waals surface area contributed by atoms with E-state index in [1.165, 1.54) is 28.7 Å². The standard InChI is InChI=1S/C31H52N4/c1-30(2,3)28-14-10-26(11-15-28)24-34-22-8-20-32-18-7-19-33-21-9-23-35-25-27-12-16-29(17-13-27)31(4,5)6/h10-17,32-35H,7-9,18-25H2,1-6H3. The van der Waals surface area contributed by atoms with Crippen LogP contribution in [-0.4, -0.2) is 39.3 Å². The molecule has 4 N–H and O–H groups in total. The van der Waals surface area contributed by atoms with Crippen LogP contribution in [0.2, 0.25) is 0 Å². The van der Waals surface area contributed by atoms with Crippen molar-refractivity contribution in [3.05, 3.63) is 70.8 Å². The third kappa shape index (κ3) is 12.7. The van der Waals surface area contributed by atoms with Gasteiger partial charge < -0.3 is 21.3 Å². The van der Waals surface area contributed by atoms with Crippen molar-refractivity contribution < 1.29 is 0 Å². The van der Waals surface area contributed by atoms with Crippen LogP contribution in [0.15, 0.2) is 48.5 Å². The molecule has 35 heavy (non-hydrogen) atoms. The van der Waals surface area contributed by atoms with Crippen LogP contribution in [0.25, 0.3) is 0 Å². The van der Waals surface area contributed by atoms with Gasteiger partial charge >= 0.3 is 0 Å². The lowest BCUT2D eigenvalue weighted by Gasteiger charge is -2.19. The summed E-state index contributed by atoms with van der Waals surface area (Å²) in [5.74, 6) is 0. The van der Waals surface area contributed by atoms with Crippen molar-refractivity contribution in [2.24, 2.45) is 0 Å². The van der Waals surface area contributed by atoms with Crippen LogP contribution < -0.4 is 21.3 Å². The van der Waals surface area contributed by atoms with Crippen molar-refractivity contribution in [1.29, 1.82) is 0 Å². The summed E-state index contributed by atoms with van der Waals surface area (Å²) < 4.78 is 0. The Labute approximate surface area is 216 Å². The number of hydrogen-bond donors (Lipinski definition) is 4. The van der Waals surface area contributed by atoms with Crippen LogP contribution in [-0.2, 0) is 23.9 Å². The Morgan fingerprint density at radius 1 is 0.429 bits per heavy atom. The van der Waals surface area contributed by atoms with Crippen LogP contribution >= 0.6 is 0 Å². The van der Waals surface area contributed by atoms with Gasteiger partial charge in [0.05, 0.1) is 0 Å². The molecule has 0 aliphatic rings. The minimum atomic E-state index is 0.226. The first-order valence-corrected chi connectivity index (χ1v) is 13.7. The Kier molecular flexibility index (Phi) is 13.0. The lowest BCUT2D eigenvalue weighted by Crippen LogP contribution is -2.26. The summed E-state index contributed by atoms with van der Waals surface area (Å²) in [5.41, 5.74) is 5.97. The fourth-order valence-corrected chi connectivity index (χ4v) is 3.98. The van der Waals surface area contributed by atoms with Crippen molar-refractivity contribution >= 4 is 0 Å². The lowest BCUT2D eigenvalue weighted by molar-refractivity contribution is 0.551. The highest BCUT2D eigenvalue weighted by atomic mass is 14.9. The van der Waals surface area contributed by atoms with Gasteiger partial charge in [-0.2, -0.15) is 0 Å². The zero-order valence-corrected chi connectivity index (χ0v) is 23.4. The molecule has 0 aliphatic carbocycles. The van der Waals surface area contributed by atoms with Crippen LogP contribution in [0, 0.1) is 0 Å². The fraction of sp³-hybridized carbons (Fsp3) is 0.613. The van der Waals surface area contributed by atoms with Gasteiger partial charge in [0.2, 0.25) is 0 Å². The highest BCUT2D eigenvalue weighted by Gasteiger charge is 2.13. The topological polar surface area (TPSA) is 48.1 Å². The maximum atomic E-state index is 3.56. The molecule has 4 heteroatoms. The monoisotopic (exact) mass is 480 g/mol. The molecule has 2 aromatic carbocycles. The molecule has 196 valence electrons. The van der Waals surface area contributed by atoms with E-state index in [1.54, 1.807) is 0 Å². The summed E-state index contributed by atoms with van der Waals surface area (Å²) in [6.07, 6.45) is 3.51. The van der Waals surface area contributed by atoms with Crippen molar-refractivity contribution in [3.8, 4) is 0 Å². The minimum Gasteiger partial charge on any atom is -0.317 e. The number of benzene rings is 2. The third-order valence-electron chi connectivity index (χ3n) is 6.42. The number of hydrogen-bond acceptors (Lipinski definition) is 4. The molecule has 0 aromatic heterocycles. The van der Waals surface area contributed by atoms with Gasteiger partial charge in [-0.1, -0.05) is 90.1 Å². The molecule has 2 aromatic rings. The number of rotatable bonds is 16. The van der Waals surface area contributed by atoms with E-state index in [2.05, 4.69) is 111 Å². The summed E-state index contributed by atoms with van der Waals surface area (Å²) in [6, 6.07) is 18.0. The van der Waals surface area contributed by atoms with Gasteiger partial charge in [0.15, 0.2) is 0 Å². The predicted octanol–water partition coefficient (Wildman–Crippen LogP) is 5.51. The van der Waals surface area contributed by atoms with Crippen molar-refractivity contribution in [1.82, 2.24) is 21.3 Å². The van der Waals surface area contributed by atoms with Gasteiger partial charge in [-0.05, 0) is 91.6 Å². The zero-order chi connectivity index (χ0) is 25.6. The second-order valence-electron chi connectivity index (χ2n) is 11.8. The first-order chi connectivity index (χ1) is 16.7. The molecule has 0 saturated carbocycles. The first kappa shape index (κ1) is 29.5. The molecular formula is C31H52N4. The van der Waals surface area contributed by atoms with Crippen LogP contribution in [0.3, 0.4) is 0 Å². The Morgan fingerprint density at radius 2 is 0.714 bits per heavy atom. The molecule has 0 fully saturated rings. The van der Waals surface area contributed by atoms with E-state index in [1.807, 2.05) is 0 Å². The summed E-state index contributed by atoms with van der Waals surface area (Å²) in [4.78, 5) is 0. The largest absolute Gasteiger partial charge is 0.317 e. The molecule has 0 saturated heterocycles. The van der Waals surface area contributed by atoms with E-state index in [9.17, 15) is 0 Å². The average molecular weight is 481 g/mol. The van der Waals surface area contributed by atoms with Gasteiger partial charge in [0.1, 0.15) is 0 Å². The van der Waals surface area contributed by atoms with E-state index in [4.69, 9.17) is 0 Å². The predicted molar refractivity (Wildman–Crippen MR) is 153 cm³/mol. The first-order valence-electron chi connectivity index (χ1n) is 13.7. The molecule has 0 spiro atoms. The average Bonchev–Trinajstić information content (AvgIpc) is 2.81. The highest BCUT2D eigenvalue weighted by Crippen LogP contribution is 2.23. The smallest absolute Gasteiger partial charge is 0.0205 e. The van der Waals surface area contributed by atoms with E-state index in [0.29, 0.717) is 0 Å². The van der Waals surface area contributed by atoms with Crippen LogP contribution in [0.4, 0.5) is 0 Å². The van der Waals surface area contributed by atoms with Crippen molar-refractivity contribution in [2.45, 2.75) is 84.7 Å². The molecule has 0 radical (unpaired) electrons. The molecule has 0 atom stereocenters. The second-order valence-corrected chi connectivity index (χ2v) is 11.8. The molecule has 0 bridgehead atoms. The van der Waals surface area contributed by atoms with E-state index < -0.39 is 0 Å². The highest BCUT2D eigenvalue weighted by molar-refractivity contribution is 5.28. The van der Waals surface area contributed by atoms with Gasteiger partial charge in [-0.25, -0.2) is 0 Å². The van der Waals surface area contributed by atoms with Gasteiger partial charge in [0.25, 0.3) is 0 Å². The molecule has 0 heterocycles. The van der Waals surface area contributed by atoms with Crippen LogP contribution in [0.5, 0.6) is 0 Å². The van der Waals surface area contributed by atoms with E-state index in [-0.39, 0.29) is 10.8 Å². The summed E-state index contributed by atoms with van der Waals surface area (Å²) >= 11 is 0. The van der Waals surface area contributed by atoms with Crippen molar-refractivity contribution in [3.63, 3.8) is 0 Å². The van der Waals surface area contributed by atoms with Gasteiger partial charge in [-0.3, -0.25) is 0 Å². The normalized spacial score (nSPS) is 12.3. The van der Waals surface area contributed by atoms with E-state index in [0.717, 1.165) is 65.2 Å². The number of nitrogens with one attached hydrogen (secondary N) is 4. The maximum Gasteiger partial charge on any atom is 0.0205 e. The van der Waals surface area contributed by atoms with E-state index >= 15 is 0 Å². The Bertz CT molecular complexity index is 728. The zero-order valence-electron chi connectivity index (χ0n) is 23.4. The molecule has 0 aliphatic heterocycles. The molecule has 2 rings (SSSR count). The summed E-state index contributed by atoms with van der Waals surface area (Å²) in [6.45, 7) is 21.9. The molecule has 4 nitrogen and oxygen atoms in total. The quantitative estimate of drug-likeness (QED) is 0.239. The summed E-state index contributed by atoms with van der Waals surface area (Å²) in [7, 11) is 0. The third-order valence-corrected chi connectivity index (χ3v) is 6.42. The molecule has 0 amide bonds. The minimum absolute atomic E-state index is 0.226. The Morgan fingerprint density at radius 3 is 1.00 bits per heavy atom. The van der Waals surface area contributed by atoms with Crippen LogP contribution in [0.1, 0.15) is 83.1 Å². The Balaban J connectivity index is 1.35. The lowest BCUT2D eigenvalue weighted by atomic mass is 9.87. The van der Waals surface area contributed by atoms with Crippen molar-refractivity contribution in [2.75, 3.05) is 39.3 Å². The fourth-order valence-electron chi connectivity index (χ4n) is 3.98. The molecule has 0 unspecified atom stereocenters. The maximum absolute atomic E-state index is 3.56. The van der Waals surface area contributed by atoms with Gasteiger partial charge in [-0.15, -0.1) is 0 Å². The SMILES string of the molecule is CC(C)(C)c1ccc(CNCCCNCCCNCCCNCc2ccc(C(C)(C)C)cc2)cc1. The van der Waals surface area contributed by atoms with Gasteiger partial charge in [0, 0.05) is 13.1 Å². The summed E-state index contributed by atoms with van der Waals surface area (Å²) in [5, 5.41) is 14.2. The Hall–Kier alpha value is -1.72.